The van der Waals surface area contributed by atoms with E-state index in [1.165, 1.54) is 22.7 Å². The van der Waals surface area contributed by atoms with Crippen LogP contribution in [0, 0.1) is 5.92 Å². The van der Waals surface area contributed by atoms with Crippen LogP contribution >= 0.6 is 22.7 Å². The average Bonchev–Trinajstić information content (AvgIpc) is 3.34. The topological polar surface area (TPSA) is 72.5 Å². The molecule has 2 aliphatic rings. The molecule has 2 aromatic heterocycles. The van der Waals surface area contributed by atoms with Crippen LogP contribution in [0.15, 0.2) is 46.3 Å². The van der Waals surface area contributed by atoms with Gasteiger partial charge in [0.05, 0.1) is 6.61 Å². The van der Waals surface area contributed by atoms with Crippen LogP contribution in [-0.4, -0.2) is 24.3 Å². The van der Waals surface area contributed by atoms with Gasteiger partial charge in [-0.1, -0.05) is 12.1 Å². The molecular weight excluding hydrogens is 382 g/mol. The van der Waals surface area contributed by atoms with E-state index in [2.05, 4.69) is 5.32 Å². The Balaban J connectivity index is 1.80. The average molecular weight is 402 g/mol. The van der Waals surface area contributed by atoms with Gasteiger partial charge in [-0.15, -0.1) is 22.7 Å². The minimum atomic E-state index is -0.861. The lowest BCUT2D eigenvalue weighted by Crippen LogP contribution is -2.44. The van der Waals surface area contributed by atoms with E-state index in [-0.39, 0.29) is 36.6 Å². The van der Waals surface area contributed by atoms with E-state index in [9.17, 15) is 14.4 Å². The molecule has 1 amide bonds. The molecule has 0 fully saturated rings. The number of amides is 1. The van der Waals surface area contributed by atoms with E-state index in [0.717, 1.165) is 9.75 Å². The number of rotatable bonds is 4. The maximum Gasteiger partial charge on any atom is 0.317 e. The molecule has 0 saturated heterocycles. The number of hydrogen-bond donors (Lipinski definition) is 1. The second-order valence-corrected chi connectivity index (χ2v) is 8.59. The normalized spacial score (nSPS) is 25.1. The maximum atomic E-state index is 13.5. The molecule has 4 rings (SSSR count). The van der Waals surface area contributed by atoms with E-state index in [4.69, 9.17) is 4.74 Å². The standard InChI is InChI=1S/C20H19NO4S2/c1-2-25-20(24)18-11(14-5-3-7-26-14)9-13-17(19(18)23)12(10-16(22)21-13)15-6-4-8-27-15/h3-8,11-12,18H,2,9-10H2,1H3,(H,21,22). The summed E-state index contributed by atoms with van der Waals surface area (Å²) in [6.07, 6.45) is 0.684. The van der Waals surface area contributed by atoms with Crippen LogP contribution in [0.1, 0.15) is 41.4 Å². The Hall–Kier alpha value is -2.25. The van der Waals surface area contributed by atoms with Gasteiger partial charge in [0.25, 0.3) is 0 Å². The molecule has 5 nitrogen and oxygen atoms in total. The zero-order chi connectivity index (χ0) is 19.0. The monoisotopic (exact) mass is 401 g/mol. The van der Waals surface area contributed by atoms with E-state index in [1.54, 1.807) is 6.92 Å². The number of ether oxygens (including phenoxy) is 1. The fraction of sp³-hybridized carbons (Fsp3) is 0.350. The molecule has 7 heteroatoms. The molecule has 1 N–H and O–H groups in total. The number of ketones is 1. The Labute approximate surface area is 165 Å². The van der Waals surface area contributed by atoms with Crippen molar-refractivity contribution < 1.29 is 19.1 Å². The Morgan fingerprint density at radius 1 is 1.15 bits per heavy atom. The van der Waals surface area contributed by atoms with Crippen molar-refractivity contribution in [1.29, 1.82) is 0 Å². The Morgan fingerprint density at radius 3 is 2.48 bits per heavy atom. The summed E-state index contributed by atoms with van der Waals surface area (Å²) >= 11 is 3.04. The second kappa shape index (κ2) is 7.40. The van der Waals surface area contributed by atoms with Crippen LogP contribution < -0.4 is 5.32 Å². The number of nitrogens with one attached hydrogen (secondary N) is 1. The summed E-state index contributed by atoms with van der Waals surface area (Å²) in [4.78, 5) is 40.4. The number of carbonyl (C=O) groups is 3. The number of Topliss-reactive ketones (excluding diaryl/α,β-unsaturated/α-hetero) is 1. The van der Waals surface area contributed by atoms with Crippen LogP contribution in [-0.2, 0) is 19.1 Å². The molecule has 27 heavy (non-hydrogen) atoms. The lowest BCUT2D eigenvalue weighted by molar-refractivity contribution is -0.152. The van der Waals surface area contributed by atoms with Crippen molar-refractivity contribution in [3.63, 3.8) is 0 Å². The first kappa shape index (κ1) is 18.1. The van der Waals surface area contributed by atoms with Crippen molar-refractivity contribution in [2.75, 3.05) is 6.61 Å². The summed E-state index contributed by atoms with van der Waals surface area (Å²) in [5.41, 5.74) is 1.23. The third-order valence-electron chi connectivity index (χ3n) is 5.06. The molecule has 0 saturated carbocycles. The zero-order valence-corrected chi connectivity index (χ0v) is 16.4. The van der Waals surface area contributed by atoms with Gasteiger partial charge in [0.15, 0.2) is 5.78 Å². The van der Waals surface area contributed by atoms with Gasteiger partial charge in [-0.25, -0.2) is 0 Å². The highest BCUT2D eigenvalue weighted by Gasteiger charge is 2.48. The van der Waals surface area contributed by atoms with Crippen molar-refractivity contribution >= 4 is 40.3 Å². The predicted molar refractivity (Wildman–Crippen MR) is 104 cm³/mol. The summed E-state index contributed by atoms with van der Waals surface area (Å²) in [7, 11) is 0. The van der Waals surface area contributed by atoms with Gasteiger partial charge in [-0.05, 0) is 36.2 Å². The molecule has 3 unspecified atom stereocenters. The molecule has 140 valence electrons. The van der Waals surface area contributed by atoms with Crippen molar-refractivity contribution in [1.82, 2.24) is 5.32 Å². The minimum Gasteiger partial charge on any atom is -0.465 e. The lowest BCUT2D eigenvalue weighted by Gasteiger charge is -2.37. The molecule has 0 aromatic carbocycles. The largest absolute Gasteiger partial charge is 0.465 e. The highest BCUT2D eigenvalue weighted by Crippen LogP contribution is 2.47. The van der Waals surface area contributed by atoms with Gasteiger partial charge in [0.2, 0.25) is 5.91 Å². The molecule has 0 radical (unpaired) electrons. The number of allylic oxidation sites excluding steroid dienone is 2. The van der Waals surface area contributed by atoms with Crippen LogP contribution in [0.5, 0.6) is 0 Å². The van der Waals surface area contributed by atoms with Crippen molar-refractivity contribution in [2.24, 2.45) is 5.92 Å². The fourth-order valence-corrected chi connectivity index (χ4v) is 5.66. The molecule has 2 aromatic rings. The summed E-state index contributed by atoms with van der Waals surface area (Å²) in [5, 5.41) is 6.77. The number of thiophene rings is 2. The lowest BCUT2D eigenvalue weighted by atomic mass is 9.70. The summed E-state index contributed by atoms with van der Waals surface area (Å²) in [6.45, 7) is 1.97. The molecular formula is C20H19NO4S2. The van der Waals surface area contributed by atoms with E-state index in [0.29, 0.717) is 17.7 Å². The number of hydrogen-bond acceptors (Lipinski definition) is 6. The minimum absolute atomic E-state index is 0.0838. The summed E-state index contributed by atoms with van der Waals surface area (Å²) in [5.74, 6) is -2.24. The smallest absolute Gasteiger partial charge is 0.317 e. The molecule has 0 spiro atoms. The van der Waals surface area contributed by atoms with Gasteiger partial charge >= 0.3 is 5.97 Å². The predicted octanol–water partition coefficient (Wildman–Crippen LogP) is 3.60. The van der Waals surface area contributed by atoms with E-state index < -0.39 is 11.9 Å². The fourth-order valence-electron chi connectivity index (χ4n) is 3.96. The quantitative estimate of drug-likeness (QED) is 0.628. The first-order valence-electron chi connectivity index (χ1n) is 8.90. The van der Waals surface area contributed by atoms with Crippen LogP contribution in [0.3, 0.4) is 0 Å². The third kappa shape index (κ3) is 3.26. The van der Waals surface area contributed by atoms with Gasteiger partial charge in [0.1, 0.15) is 5.92 Å². The Kier molecular flexibility index (Phi) is 4.97. The highest BCUT2D eigenvalue weighted by atomic mass is 32.1. The summed E-state index contributed by atoms with van der Waals surface area (Å²) in [6, 6.07) is 7.69. The van der Waals surface area contributed by atoms with Crippen LogP contribution in [0.25, 0.3) is 0 Å². The van der Waals surface area contributed by atoms with Gasteiger partial charge in [-0.2, -0.15) is 0 Å². The SMILES string of the molecule is CCOC(=O)C1C(=O)C2=C(CC1c1cccs1)NC(=O)CC2c1cccs1. The number of esters is 1. The second-order valence-electron chi connectivity index (χ2n) is 6.63. The van der Waals surface area contributed by atoms with E-state index in [1.807, 2.05) is 35.0 Å². The molecule has 3 atom stereocenters. The highest BCUT2D eigenvalue weighted by molar-refractivity contribution is 7.10. The van der Waals surface area contributed by atoms with Crippen LogP contribution in [0.4, 0.5) is 0 Å². The Bertz CT molecular complexity index is 899. The van der Waals surface area contributed by atoms with Gasteiger partial charge in [-0.3, -0.25) is 14.4 Å². The maximum absolute atomic E-state index is 13.5. The van der Waals surface area contributed by atoms with Crippen molar-refractivity contribution in [2.45, 2.75) is 31.6 Å². The third-order valence-corrected chi connectivity index (χ3v) is 7.05. The van der Waals surface area contributed by atoms with Gasteiger partial charge in [0, 0.05) is 39.3 Å². The summed E-state index contributed by atoms with van der Waals surface area (Å²) < 4.78 is 5.24. The Morgan fingerprint density at radius 2 is 1.85 bits per heavy atom. The molecule has 3 heterocycles. The first-order valence-corrected chi connectivity index (χ1v) is 10.7. The van der Waals surface area contributed by atoms with E-state index >= 15 is 0 Å². The van der Waals surface area contributed by atoms with Crippen molar-refractivity contribution in [3.8, 4) is 0 Å². The van der Waals surface area contributed by atoms with Gasteiger partial charge < -0.3 is 10.1 Å². The zero-order valence-electron chi connectivity index (χ0n) is 14.8. The molecule has 1 aliphatic heterocycles. The van der Waals surface area contributed by atoms with Crippen LogP contribution in [0.2, 0.25) is 0 Å². The van der Waals surface area contributed by atoms with Crippen molar-refractivity contribution in [3.05, 3.63) is 56.1 Å². The molecule has 1 aliphatic carbocycles. The first-order chi connectivity index (χ1) is 13.1. The number of carbonyl (C=O) groups excluding carboxylic acids is 3. The molecule has 0 bridgehead atoms.